The van der Waals surface area contributed by atoms with Crippen LogP contribution in [0, 0.1) is 5.92 Å². The summed E-state index contributed by atoms with van der Waals surface area (Å²) in [5.41, 5.74) is 1.98. The smallest absolute Gasteiger partial charge is 0.246 e. The van der Waals surface area contributed by atoms with Crippen molar-refractivity contribution in [3.8, 4) is 11.5 Å². The predicted molar refractivity (Wildman–Crippen MR) is 162 cm³/mol. The maximum absolute atomic E-state index is 14.5. The Kier molecular flexibility index (Phi) is 8.21. The second-order valence-corrected chi connectivity index (χ2v) is 9.83. The Bertz CT molecular complexity index is 1520. The van der Waals surface area contributed by atoms with Gasteiger partial charge in [-0.2, -0.15) is 0 Å². The number of thiocarbonyl (C=S) groups is 1. The molecule has 5 rings (SSSR count). The van der Waals surface area contributed by atoms with Crippen molar-refractivity contribution in [3.63, 3.8) is 0 Å². The Hall–Kier alpha value is -4.82. The van der Waals surface area contributed by atoms with E-state index < -0.39 is 23.7 Å². The van der Waals surface area contributed by atoms with Crippen LogP contribution in [0.25, 0.3) is 0 Å². The number of ether oxygens (including phenoxy) is 2. The van der Waals surface area contributed by atoms with Gasteiger partial charge in [0.25, 0.3) is 0 Å². The van der Waals surface area contributed by atoms with Crippen molar-refractivity contribution in [2.24, 2.45) is 5.92 Å². The first-order valence-electron chi connectivity index (χ1n) is 13.1. The van der Waals surface area contributed by atoms with E-state index in [1.165, 1.54) is 24.0 Å². The number of methoxy groups -OCH3 is 2. The van der Waals surface area contributed by atoms with Crippen molar-refractivity contribution < 1.29 is 23.9 Å². The second-order valence-electron chi connectivity index (χ2n) is 9.46. The van der Waals surface area contributed by atoms with Crippen molar-refractivity contribution in [3.05, 3.63) is 120 Å². The molecule has 7 nitrogen and oxygen atoms in total. The SMILES string of the molecule is COc1ccccc1N1C(=O)C(C(CC(=O)c2ccccc2)c2ccccc2)C(=O)N(c2ccccc2OC)C1=S. The number of anilines is 2. The van der Waals surface area contributed by atoms with E-state index in [1.54, 1.807) is 72.8 Å². The van der Waals surface area contributed by atoms with E-state index in [0.29, 0.717) is 34.0 Å². The molecule has 0 N–H and O–H groups in total. The van der Waals surface area contributed by atoms with Gasteiger partial charge >= 0.3 is 0 Å². The van der Waals surface area contributed by atoms with E-state index in [4.69, 9.17) is 21.7 Å². The standard InChI is InChI=1S/C33H28N2O5S/c1-39-28-19-11-9-17-25(28)34-31(37)30(32(38)35(33(34)41)26-18-10-12-20-29(26)40-2)24(22-13-5-3-6-14-22)21-27(36)23-15-7-4-8-16-23/h3-20,24,30H,21H2,1-2H3. The van der Waals surface area contributed by atoms with Crippen LogP contribution in [-0.4, -0.2) is 36.9 Å². The van der Waals surface area contributed by atoms with Gasteiger partial charge in [-0.05, 0) is 42.0 Å². The molecule has 0 bridgehead atoms. The molecule has 1 aliphatic rings. The topological polar surface area (TPSA) is 76.2 Å². The summed E-state index contributed by atoms with van der Waals surface area (Å²) in [5.74, 6) is -2.48. The van der Waals surface area contributed by atoms with E-state index >= 15 is 0 Å². The Morgan fingerprint density at radius 3 is 1.63 bits per heavy atom. The van der Waals surface area contributed by atoms with Crippen molar-refractivity contribution in [2.45, 2.75) is 12.3 Å². The maximum Gasteiger partial charge on any atom is 0.246 e. The third kappa shape index (κ3) is 5.34. The lowest BCUT2D eigenvalue weighted by Crippen LogP contribution is -2.61. The number of Topliss-reactive ketones (excluding diaryl/α,β-unsaturated/α-hetero) is 1. The minimum atomic E-state index is -1.27. The molecule has 1 saturated heterocycles. The Labute approximate surface area is 243 Å². The van der Waals surface area contributed by atoms with Crippen LogP contribution in [0.2, 0.25) is 0 Å². The molecule has 8 heteroatoms. The van der Waals surface area contributed by atoms with Gasteiger partial charge in [0.15, 0.2) is 10.9 Å². The van der Waals surface area contributed by atoms with E-state index in [9.17, 15) is 14.4 Å². The second kappa shape index (κ2) is 12.1. The summed E-state index contributed by atoms with van der Waals surface area (Å²) in [7, 11) is 3.00. The lowest BCUT2D eigenvalue weighted by molar-refractivity contribution is -0.133. The van der Waals surface area contributed by atoms with Crippen LogP contribution in [0.1, 0.15) is 28.3 Å². The molecule has 2 amide bonds. The number of para-hydroxylation sites is 4. The summed E-state index contributed by atoms with van der Waals surface area (Å²) in [6.07, 6.45) is -0.0670. The summed E-state index contributed by atoms with van der Waals surface area (Å²) in [6.45, 7) is 0. The van der Waals surface area contributed by atoms with E-state index in [-0.39, 0.29) is 17.3 Å². The number of ketones is 1. The van der Waals surface area contributed by atoms with Gasteiger partial charge in [0.2, 0.25) is 11.8 Å². The lowest BCUT2D eigenvalue weighted by Gasteiger charge is -2.42. The normalized spacial score (nSPS) is 14.6. The van der Waals surface area contributed by atoms with Gasteiger partial charge in [0.05, 0.1) is 25.6 Å². The minimum Gasteiger partial charge on any atom is -0.495 e. The predicted octanol–water partition coefficient (Wildman–Crippen LogP) is 6.04. The quantitative estimate of drug-likeness (QED) is 0.140. The molecule has 0 spiro atoms. The number of rotatable bonds is 9. The molecular weight excluding hydrogens is 536 g/mol. The molecule has 1 heterocycles. The summed E-state index contributed by atoms with van der Waals surface area (Å²) in [4.78, 5) is 45.1. The zero-order chi connectivity index (χ0) is 28.9. The van der Waals surface area contributed by atoms with Crippen LogP contribution >= 0.6 is 12.2 Å². The van der Waals surface area contributed by atoms with Crippen LogP contribution in [0.4, 0.5) is 11.4 Å². The van der Waals surface area contributed by atoms with Gasteiger partial charge in [-0.1, -0.05) is 84.9 Å². The fourth-order valence-corrected chi connectivity index (χ4v) is 5.54. The van der Waals surface area contributed by atoms with Gasteiger partial charge in [-0.25, -0.2) is 0 Å². The number of amides is 2. The Balaban J connectivity index is 1.69. The van der Waals surface area contributed by atoms with Gasteiger partial charge in [0.1, 0.15) is 17.4 Å². The molecule has 1 unspecified atom stereocenters. The first-order chi connectivity index (χ1) is 20.0. The Morgan fingerprint density at radius 1 is 0.707 bits per heavy atom. The molecule has 0 aromatic heterocycles. The highest BCUT2D eigenvalue weighted by molar-refractivity contribution is 7.81. The zero-order valence-corrected chi connectivity index (χ0v) is 23.4. The van der Waals surface area contributed by atoms with Gasteiger partial charge in [-0.15, -0.1) is 0 Å². The maximum atomic E-state index is 14.5. The fourth-order valence-electron chi connectivity index (χ4n) is 5.16. The number of carbonyl (C=O) groups is 3. The summed E-state index contributed by atoms with van der Waals surface area (Å²) < 4.78 is 11.1. The average Bonchev–Trinajstić information content (AvgIpc) is 3.01. The molecule has 206 valence electrons. The number of benzene rings is 4. The molecule has 4 aromatic rings. The highest BCUT2D eigenvalue weighted by atomic mass is 32.1. The lowest BCUT2D eigenvalue weighted by atomic mass is 9.79. The van der Waals surface area contributed by atoms with E-state index in [1.807, 2.05) is 36.4 Å². The third-order valence-corrected chi connectivity index (χ3v) is 7.50. The molecule has 41 heavy (non-hydrogen) atoms. The van der Waals surface area contributed by atoms with Crippen molar-refractivity contribution >= 4 is 46.3 Å². The first kappa shape index (κ1) is 27.7. The molecule has 0 saturated carbocycles. The molecule has 0 radical (unpaired) electrons. The van der Waals surface area contributed by atoms with Gasteiger partial charge in [-0.3, -0.25) is 24.2 Å². The number of nitrogens with zero attached hydrogens (tertiary/aromatic N) is 2. The number of hydrogen-bond donors (Lipinski definition) is 0. The highest BCUT2D eigenvalue weighted by Crippen LogP contribution is 2.42. The van der Waals surface area contributed by atoms with Gasteiger partial charge < -0.3 is 9.47 Å². The van der Waals surface area contributed by atoms with Crippen molar-refractivity contribution in [1.82, 2.24) is 0 Å². The molecule has 0 aliphatic carbocycles. The van der Waals surface area contributed by atoms with Crippen LogP contribution in [0.5, 0.6) is 11.5 Å². The van der Waals surface area contributed by atoms with Crippen molar-refractivity contribution in [2.75, 3.05) is 24.0 Å². The summed E-state index contributed by atoms with van der Waals surface area (Å²) in [5, 5.41) is -0.0357. The highest BCUT2D eigenvalue weighted by Gasteiger charge is 2.50. The molecular formula is C33H28N2O5S. The average molecular weight is 565 g/mol. The van der Waals surface area contributed by atoms with Crippen molar-refractivity contribution in [1.29, 1.82) is 0 Å². The zero-order valence-electron chi connectivity index (χ0n) is 22.6. The molecule has 1 atom stereocenters. The van der Waals surface area contributed by atoms with E-state index in [2.05, 4.69) is 0 Å². The Morgan fingerprint density at radius 2 is 1.15 bits per heavy atom. The van der Waals surface area contributed by atoms with Crippen LogP contribution in [0.15, 0.2) is 109 Å². The largest absolute Gasteiger partial charge is 0.495 e. The number of hydrogen-bond acceptors (Lipinski definition) is 6. The number of carbonyl (C=O) groups excluding carboxylic acids is 3. The molecule has 1 aliphatic heterocycles. The summed E-state index contributed by atoms with van der Waals surface area (Å²) in [6, 6.07) is 32.0. The fraction of sp³-hybridized carbons (Fsp3) is 0.152. The van der Waals surface area contributed by atoms with E-state index in [0.717, 1.165) is 0 Å². The summed E-state index contributed by atoms with van der Waals surface area (Å²) >= 11 is 5.83. The van der Waals surface area contributed by atoms with Crippen LogP contribution in [-0.2, 0) is 9.59 Å². The third-order valence-electron chi connectivity index (χ3n) is 7.14. The minimum absolute atomic E-state index is 0.0357. The molecule has 4 aromatic carbocycles. The first-order valence-corrected chi connectivity index (χ1v) is 13.5. The van der Waals surface area contributed by atoms with Gasteiger partial charge in [0, 0.05) is 17.9 Å². The van der Waals surface area contributed by atoms with Crippen LogP contribution < -0.4 is 19.3 Å². The molecule has 1 fully saturated rings. The monoisotopic (exact) mass is 564 g/mol. The van der Waals surface area contributed by atoms with Crippen LogP contribution in [0.3, 0.4) is 0 Å².